The zero-order valence-corrected chi connectivity index (χ0v) is 14.6. The molecule has 130 valence electrons. The number of likely N-dealkylation sites (N-methyl/N-ethyl adjacent to an activating group) is 1. The summed E-state index contributed by atoms with van der Waals surface area (Å²) in [6.07, 6.45) is 5.49. The third-order valence-corrected chi connectivity index (χ3v) is 4.86. The first-order valence-electron chi connectivity index (χ1n) is 8.30. The Labute approximate surface area is 145 Å². The highest BCUT2D eigenvalue weighted by atomic mass is 16.1. The van der Waals surface area contributed by atoms with Gasteiger partial charge in [-0.2, -0.15) is 0 Å². The van der Waals surface area contributed by atoms with Crippen molar-refractivity contribution in [2.24, 2.45) is 7.05 Å². The first kappa shape index (κ1) is 15.8. The molecule has 4 heterocycles. The quantitative estimate of drug-likeness (QED) is 0.687. The average molecular weight is 339 g/mol. The Balaban J connectivity index is 1.44. The Hall–Kier alpha value is -2.74. The normalized spacial score (nSPS) is 15.1. The first-order chi connectivity index (χ1) is 12.0. The van der Waals surface area contributed by atoms with Gasteiger partial charge in [-0.25, -0.2) is 4.98 Å². The van der Waals surface area contributed by atoms with Gasteiger partial charge in [0.2, 0.25) is 5.65 Å². The van der Waals surface area contributed by atoms with E-state index >= 15 is 0 Å². The monoisotopic (exact) mass is 339 g/mol. The topological polar surface area (TPSA) is 71.6 Å². The minimum Gasteiger partial charge on any atom is -0.350 e. The lowest BCUT2D eigenvalue weighted by molar-refractivity contribution is 0.197. The third kappa shape index (κ3) is 2.78. The van der Waals surface area contributed by atoms with Crippen LogP contribution in [-0.2, 0) is 13.6 Å². The molecule has 1 aliphatic heterocycles. The van der Waals surface area contributed by atoms with Gasteiger partial charge >= 0.3 is 0 Å². The van der Waals surface area contributed by atoms with Crippen LogP contribution in [0.15, 0.2) is 35.5 Å². The summed E-state index contributed by atoms with van der Waals surface area (Å²) in [5.41, 5.74) is 1.87. The van der Waals surface area contributed by atoms with E-state index in [4.69, 9.17) is 0 Å². The van der Waals surface area contributed by atoms with E-state index in [2.05, 4.69) is 32.0 Å². The number of fused-ring (bicyclic) bond motifs is 1. The molecule has 25 heavy (non-hydrogen) atoms. The van der Waals surface area contributed by atoms with Gasteiger partial charge in [0.25, 0.3) is 5.56 Å². The number of nitrogens with zero attached hydrogens (tertiary/aromatic N) is 7. The molecule has 0 saturated carbocycles. The summed E-state index contributed by atoms with van der Waals surface area (Å²) in [6, 6.07) is 4.12. The predicted molar refractivity (Wildman–Crippen MR) is 94.7 cm³/mol. The van der Waals surface area contributed by atoms with Crippen LogP contribution >= 0.6 is 0 Å². The summed E-state index contributed by atoms with van der Waals surface area (Å²) in [6.45, 7) is 4.47. The Morgan fingerprint density at radius 2 is 2.08 bits per heavy atom. The average Bonchev–Trinajstić information content (AvgIpc) is 2.92. The van der Waals surface area contributed by atoms with Crippen LogP contribution in [0.2, 0.25) is 0 Å². The fourth-order valence-corrected chi connectivity index (χ4v) is 3.16. The Morgan fingerprint density at radius 3 is 2.84 bits per heavy atom. The molecule has 3 aromatic heterocycles. The summed E-state index contributed by atoms with van der Waals surface area (Å²) in [5.74, 6) is 1.74. The van der Waals surface area contributed by atoms with Gasteiger partial charge in [-0.3, -0.25) is 14.1 Å². The van der Waals surface area contributed by atoms with Gasteiger partial charge in [0.1, 0.15) is 5.82 Å². The summed E-state index contributed by atoms with van der Waals surface area (Å²) in [4.78, 5) is 20.7. The van der Waals surface area contributed by atoms with Crippen molar-refractivity contribution in [2.75, 3.05) is 25.0 Å². The minimum atomic E-state index is 0.0270. The molecule has 0 aliphatic carbocycles. The zero-order valence-electron chi connectivity index (χ0n) is 14.6. The van der Waals surface area contributed by atoms with Crippen LogP contribution < -0.4 is 10.5 Å². The Kier molecular flexibility index (Phi) is 3.76. The maximum atomic E-state index is 11.8. The highest BCUT2D eigenvalue weighted by molar-refractivity contribution is 5.65. The fourth-order valence-electron chi connectivity index (χ4n) is 3.16. The molecule has 1 aliphatic rings. The molecule has 0 N–H and O–H groups in total. The molecular weight excluding hydrogens is 318 g/mol. The van der Waals surface area contributed by atoms with Crippen molar-refractivity contribution in [3.05, 3.63) is 52.5 Å². The summed E-state index contributed by atoms with van der Waals surface area (Å²) < 4.78 is 3.54. The molecule has 0 aromatic carbocycles. The highest BCUT2D eigenvalue weighted by Gasteiger charge is 2.32. The summed E-state index contributed by atoms with van der Waals surface area (Å²) >= 11 is 0. The third-order valence-electron chi connectivity index (χ3n) is 4.86. The molecule has 0 atom stereocenters. The molecule has 1 fully saturated rings. The largest absolute Gasteiger partial charge is 0.350 e. The SMILES string of the molecule is Cc1nnc2c(N3CC(N(C)Cc4ccn(C)c(=O)c4)C3)nccn12. The van der Waals surface area contributed by atoms with E-state index in [1.54, 1.807) is 23.9 Å². The van der Waals surface area contributed by atoms with Crippen molar-refractivity contribution < 1.29 is 0 Å². The molecule has 1 saturated heterocycles. The van der Waals surface area contributed by atoms with Crippen molar-refractivity contribution >= 4 is 11.5 Å². The molecule has 0 bridgehead atoms. The highest BCUT2D eigenvalue weighted by Crippen LogP contribution is 2.25. The van der Waals surface area contributed by atoms with E-state index in [9.17, 15) is 4.79 Å². The van der Waals surface area contributed by atoms with Gasteiger partial charge in [-0.05, 0) is 25.6 Å². The van der Waals surface area contributed by atoms with Gasteiger partial charge in [0.05, 0.1) is 0 Å². The predicted octanol–water partition coefficient (Wildman–Crippen LogP) is 0.452. The van der Waals surface area contributed by atoms with Crippen LogP contribution in [-0.4, -0.2) is 55.2 Å². The standard InChI is InChI=1S/C17H21N7O/c1-12-19-20-17-16(18-5-7-24(12)17)23-10-14(11-23)22(3)9-13-4-6-21(2)15(25)8-13/h4-8,14H,9-11H2,1-3H3. The molecule has 0 spiro atoms. The Morgan fingerprint density at radius 1 is 1.28 bits per heavy atom. The Bertz CT molecular complexity index is 971. The maximum absolute atomic E-state index is 11.8. The van der Waals surface area contributed by atoms with E-state index in [0.717, 1.165) is 42.5 Å². The lowest BCUT2D eigenvalue weighted by Gasteiger charge is -2.44. The summed E-state index contributed by atoms with van der Waals surface area (Å²) in [5, 5.41) is 8.36. The molecular formula is C17H21N7O. The molecule has 8 heteroatoms. The van der Waals surface area contributed by atoms with Crippen molar-refractivity contribution in [3.8, 4) is 0 Å². The van der Waals surface area contributed by atoms with E-state index in [1.165, 1.54) is 0 Å². The lowest BCUT2D eigenvalue weighted by Crippen LogP contribution is -2.58. The fraction of sp³-hybridized carbons (Fsp3) is 0.412. The van der Waals surface area contributed by atoms with Crippen molar-refractivity contribution in [1.29, 1.82) is 0 Å². The number of hydrogen-bond acceptors (Lipinski definition) is 6. The van der Waals surface area contributed by atoms with Crippen molar-refractivity contribution in [1.82, 2.24) is 29.0 Å². The van der Waals surface area contributed by atoms with E-state index in [-0.39, 0.29) is 5.56 Å². The van der Waals surface area contributed by atoms with Gasteiger partial charge in [-0.15, -0.1) is 10.2 Å². The summed E-state index contributed by atoms with van der Waals surface area (Å²) in [7, 11) is 3.86. The number of aromatic nitrogens is 5. The van der Waals surface area contributed by atoms with Crippen LogP contribution in [0.3, 0.4) is 0 Å². The van der Waals surface area contributed by atoms with Gasteiger partial charge in [0, 0.05) is 57.4 Å². The van der Waals surface area contributed by atoms with Crippen LogP contribution in [0.4, 0.5) is 5.82 Å². The number of pyridine rings is 1. The van der Waals surface area contributed by atoms with Crippen LogP contribution in [0, 0.1) is 6.92 Å². The lowest BCUT2D eigenvalue weighted by atomic mass is 10.1. The smallest absolute Gasteiger partial charge is 0.250 e. The molecule has 8 nitrogen and oxygen atoms in total. The second kappa shape index (κ2) is 5.96. The van der Waals surface area contributed by atoms with Gasteiger partial charge in [-0.1, -0.05) is 0 Å². The molecule has 0 amide bonds. The van der Waals surface area contributed by atoms with Crippen molar-refractivity contribution in [2.45, 2.75) is 19.5 Å². The van der Waals surface area contributed by atoms with Crippen LogP contribution in [0.25, 0.3) is 5.65 Å². The zero-order chi connectivity index (χ0) is 17.6. The van der Waals surface area contributed by atoms with Gasteiger partial charge in [0.15, 0.2) is 5.82 Å². The number of rotatable bonds is 4. The van der Waals surface area contributed by atoms with E-state index in [1.807, 2.05) is 29.8 Å². The molecule has 4 rings (SSSR count). The van der Waals surface area contributed by atoms with Crippen LogP contribution in [0.1, 0.15) is 11.4 Å². The second-order valence-corrected chi connectivity index (χ2v) is 6.65. The molecule has 0 radical (unpaired) electrons. The molecule has 3 aromatic rings. The van der Waals surface area contributed by atoms with Crippen LogP contribution in [0.5, 0.6) is 0 Å². The van der Waals surface area contributed by atoms with Crippen molar-refractivity contribution in [3.63, 3.8) is 0 Å². The van der Waals surface area contributed by atoms with Gasteiger partial charge < -0.3 is 9.47 Å². The van der Waals surface area contributed by atoms with E-state index < -0.39 is 0 Å². The maximum Gasteiger partial charge on any atom is 0.250 e. The molecule has 0 unspecified atom stereocenters. The minimum absolute atomic E-state index is 0.0270. The van der Waals surface area contributed by atoms with E-state index in [0.29, 0.717) is 6.04 Å². The number of anilines is 1. The first-order valence-corrected chi connectivity index (χ1v) is 8.30. The second-order valence-electron chi connectivity index (χ2n) is 6.65. The number of hydrogen-bond donors (Lipinski definition) is 0. The number of aryl methyl sites for hydroxylation is 2.